The molecule has 18 heavy (non-hydrogen) atoms. The van der Waals surface area contributed by atoms with Gasteiger partial charge >= 0.3 is 0 Å². The average Bonchev–Trinajstić information content (AvgIpc) is 2.52. The van der Waals surface area contributed by atoms with Crippen LogP contribution in [0, 0.1) is 0 Å². The molecule has 0 amide bonds. The summed E-state index contributed by atoms with van der Waals surface area (Å²) in [7, 11) is 4.36. The summed E-state index contributed by atoms with van der Waals surface area (Å²) in [5.41, 5.74) is 3.21. The minimum atomic E-state index is -0.00444. The zero-order valence-corrected chi connectivity index (χ0v) is 11.2. The molecule has 2 fully saturated rings. The molecule has 4 bridgehead atoms. The number of benzene rings is 1. The van der Waals surface area contributed by atoms with Gasteiger partial charge in [0.05, 0.1) is 6.10 Å². The molecule has 0 N–H and O–H groups in total. The Morgan fingerprint density at radius 2 is 1.61 bits per heavy atom. The van der Waals surface area contributed by atoms with E-state index in [9.17, 15) is 0 Å². The highest BCUT2D eigenvalue weighted by Gasteiger charge is 2.52. The van der Waals surface area contributed by atoms with Crippen molar-refractivity contribution in [1.29, 1.82) is 0 Å². The van der Waals surface area contributed by atoms with Crippen LogP contribution in [0.3, 0.4) is 0 Å². The standard InChI is InChI=1S/C16H21NO/c1-17(2)16-9-11-7-13(18-16)8-12(10-16)15-6-4-3-5-14(11)15/h3-6,11-13H,7-10H2,1-2H3. The van der Waals surface area contributed by atoms with Crippen molar-refractivity contribution >= 4 is 0 Å². The first-order valence-corrected chi connectivity index (χ1v) is 7.12. The molecule has 2 heteroatoms. The van der Waals surface area contributed by atoms with Crippen LogP contribution < -0.4 is 0 Å². The third-order valence-electron chi connectivity index (χ3n) is 5.30. The molecular weight excluding hydrogens is 222 g/mol. The highest BCUT2D eigenvalue weighted by atomic mass is 16.5. The number of ether oxygens (including phenoxy) is 1. The van der Waals surface area contributed by atoms with Crippen molar-refractivity contribution in [3.63, 3.8) is 0 Å². The lowest BCUT2D eigenvalue weighted by atomic mass is 9.78. The Labute approximate surface area is 109 Å². The lowest BCUT2D eigenvalue weighted by Crippen LogP contribution is -2.55. The third-order valence-corrected chi connectivity index (χ3v) is 5.30. The summed E-state index contributed by atoms with van der Waals surface area (Å²) < 4.78 is 6.41. The maximum absolute atomic E-state index is 6.41. The topological polar surface area (TPSA) is 12.5 Å². The van der Waals surface area contributed by atoms with E-state index in [4.69, 9.17) is 4.74 Å². The van der Waals surface area contributed by atoms with Gasteiger partial charge in [-0.2, -0.15) is 0 Å². The van der Waals surface area contributed by atoms with Crippen LogP contribution in [-0.2, 0) is 4.74 Å². The van der Waals surface area contributed by atoms with E-state index in [1.165, 1.54) is 25.7 Å². The molecule has 4 aliphatic rings. The molecule has 2 aliphatic carbocycles. The van der Waals surface area contributed by atoms with E-state index in [0.29, 0.717) is 17.9 Å². The molecule has 2 heterocycles. The van der Waals surface area contributed by atoms with Crippen molar-refractivity contribution in [2.24, 2.45) is 0 Å². The normalized spacial score (nSPS) is 40.9. The summed E-state index contributed by atoms with van der Waals surface area (Å²) in [6.07, 6.45) is 5.26. The van der Waals surface area contributed by atoms with E-state index in [-0.39, 0.29) is 5.72 Å². The van der Waals surface area contributed by atoms with Crippen LogP contribution in [0.15, 0.2) is 24.3 Å². The van der Waals surface area contributed by atoms with Crippen molar-refractivity contribution in [2.75, 3.05) is 14.1 Å². The summed E-state index contributed by atoms with van der Waals surface area (Å²) >= 11 is 0. The van der Waals surface area contributed by atoms with Gasteiger partial charge < -0.3 is 4.74 Å². The van der Waals surface area contributed by atoms with Gasteiger partial charge in [-0.15, -0.1) is 0 Å². The van der Waals surface area contributed by atoms with Gasteiger partial charge in [0.15, 0.2) is 0 Å². The van der Waals surface area contributed by atoms with Gasteiger partial charge in [0.25, 0.3) is 0 Å². The van der Waals surface area contributed by atoms with Crippen LogP contribution in [-0.4, -0.2) is 30.8 Å². The molecule has 2 nitrogen and oxygen atoms in total. The highest BCUT2D eigenvalue weighted by molar-refractivity contribution is 5.38. The second-order valence-electron chi connectivity index (χ2n) is 6.48. The van der Waals surface area contributed by atoms with Gasteiger partial charge in [-0.25, -0.2) is 0 Å². The predicted molar refractivity (Wildman–Crippen MR) is 71.7 cm³/mol. The second-order valence-corrected chi connectivity index (χ2v) is 6.48. The van der Waals surface area contributed by atoms with Crippen LogP contribution in [0.4, 0.5) is 0 Å². The SMILES string of the molecule is CN(C)C12CC3CC(CC(C1)c1ccccc13)O2. The molecule has 1 aromatic rings. The smallest absolute Gasteiger partial charge is 0.122 e. The fourth-order valence-corrected chi connectivity index (χ4v) is 4.45. The Balaban J connectivity index is 1.87. The molecule has 1 aromatic carbocycles. The lowest BCUT2D eigenvalue weighted by molar-refractivity contribution is -0.231. The zero-order chi connectivity index (χ0) is 12.3. The summed E-state index contributed by atoms with van der Waals surface area (Å²) in [5.74, 6) is 1.41. The van der Waals surface area contributed by atoms with Crippen molar-refractivity contribution in [2.45, 2.75) is 49.3 Å². The second kappa shape index (κ2) is 3.58. The van der Waals surface area contributed by atoms with E-state index in [1.807, 2.05) is 0 Å². The first-order valence-electron chi connectivity index (χ1n) is 7.12. The van der Waals surface area contributed by atoms with Crippen LogP contribution >= 0.6 is 0 Å². The molecular formula is C16H21NO. The maximum atomic E-state index is 6.41. The van der Waals surface area contributed by atoms with E-state index in [0.717, 1.165) is 0 Å². The Kier molecular flexibility index (Phi) is 2.19. The summed E-state index contributed by atoms with van der Waals surface area (Å²) in [6.45, 7) is 0. The Bertz CT molecular complexity index is 447. The number of rotatable bonds is 1. The maximum Gasteiger partial charge on any atom is 0.122 e. The fourth-order valence-electron chi connectivity index (χ4n) is 4.45. The molecule has 0 spiro atoms. The predicted octanol–water partition coefficient (Wildman–Crippen LogP) is 3.10. The van der Waals surface area contributed by atoms with Crippen LogP contribution in [0.5, 0.6) is 0 Å². The minimum absolute atomic E-state index is 0.00444. The van der Waals surface area contributed by atoms with Crippen molar-refractivity contribution in [3.05, 3.63) is 35.4 Å². The first-order chi connectivity index (χ1) is 8.68. The van der Waals surface area contributed by atoms with Crippen LogP contribution in [0.1, 0.15) is 48.6 Å². The molecule has 0 radical (unpaired) electrons. The zero-order valence-electron chi connectivity index (χ0n) is 11.2. The number of nitrogens with zero attached hydrogens (tertiary/aromatic N) is 1. The third kappa shape index (κ3) is 1.36. The minimum Gasteiger partial charge on any atom is -0.357 e. The van der Waals surface area contributed by atoms with Gasteiger partial charge in [0.1, 0.15) is 5.72 Å². The highest BCUT2D eigenvalue weighted by Crippen LogP contribution is 2.55. The Morgan fingerprint density at radius 1 is 1.06 bits per heavy atom. The van der Waals surface area contributed by atoms with E-state index in [1.54, 1.807) is 11.1 Å². The largest absolute Gasteiger partial charge is 0.357 e. The van der Waals surface area contributed by atoms with Gasteiger partial charge in [0, 0.05) is 0 Å². The Morgan fingerprint density at radius 3 is 2.11 bits per heavy atom. The van der Waals surface area contributed by atoms with Gasteiger partial charge in [-0.1, -0.05) is 24.3 Å². The summed E-state index contributed by atoms with van der Waals surface area (Å²) in [6, 6.07) is 9.11. The summed E-state index contributed by atoms with van der Waals surface area (Å²) in [5, 5.41) is 0. The van der Waals surface area contributed by atoms with Crippen LogP contribution in [0.2, 0.25) is 0 Å². The molecule has 96 valence electrons. The molecule has 2 aliphatic heterocycles. The molecule has 2 saturated heterocycles. The molecule has 5 rings (SSSR count). The van der Waals surface area contributed by atoms with Crippen molar-refractivity contribution in [1.82, 2.24) is 4.90 Å². The van der Waals surface area contributed by atoms with Crippen LogP contribution in [0.25, 0.3) is 0 Å². The van der Waals surface area contributed by atoms with E-state index >= 15 is 0 Å². The number of hydrogen-bond donors (Lipinski definition) is 0. The van der Waals surface area contributed by atoms with Crippen molar-refractivity contribution in [3.8, 4) is 0 Å². The molecule has 2 unspecified atom stereocenters. The number of hydrogen-bond acceptors (Lipinski definition) is 2. The first kappa shape index (κ1) is 11.0. The van der Waals surface area contributed by atoms with E-state index in [2.05, 4.69) is 43.3 Å². The van der Waals surface area contributed by atoms with Gasteiger partial charge in [0.2, 0.25) is 0 Å². The fraction of sp³-hybridized carbons (Fsp3) is 0.625. The molecule has 0 saturated carbocycles. The molecule has 0 aromatic heterocycles. The monoisotopic (exact) mass is 243 g/mol. The average molecular weight is 243 g/mol. The van der Waals surface area contributed by atoms with Gasteiger partial charge in [-0.05, 0) is 62.7 Å². The van der Waals surface area contributed by atoms with E-state index < -0.39 is 0 Å². The lowest BCUT2D eigenvalue weighted by Gasteiger charge is -2.51. The van der Waals surface area contributed by atoms with Crippen molar-refractivity contribution < 1.29 is 4.74 Å². The summed E-state index contributed by atoms with van der Waals surface area (Å²) in [4.78, 5) is 2.32. The molecule has 2 atom stereocenters. The quantitative estimate of drug-likeness (QED) is 0.751. The Hall–Kier alpha value is -0.860. The van der Waals surface area contributed by atoms with Gasteiger partial charge in [-0.3, -0.25) is 4.90 Å².